The molecule has 0 nitrogen and oxygen atoms in total. The molecule has 0 radical (unpaired) electrons. The van der Waals surface area contributed by atoms with Crippen LogP contribution in [-0.2, 0) is 0 Å². The van der Waals surface area contributed by atoms with Gasteiger partial charge in [0, 0.05) is 14.3 Å². The molecule has 0 aromatic heterocycles. The summed E-state index contributed by atoms with van der Waals surface area (Å²) in [6, 6.07) is 0. The van der Waals surface area contributed by atoms with E-state index in [0.29, 0.717) is 11.3 Å². The van der Waals surface area contributed by atoms with Crippen LogP contribution in [0.15, 0.2) is 0 Å². The molecular formula is C16H32F2. The van der Waals surface area contributed by atoms with E-state index in [1.807, 2.05) is 13.8 Å². The third-order valence-corrected chi connectivity index (χ3v) is 5.07. The van der Waals surface area contributed by atoms with Crippen LogP contribution in [-0.4, -0.2) is 5.92 Å². The van der Waals surface area contributed by atoms with Crippen LogP contribution in [0.4, 0.5) is 8.78 Å². The van der Waals surface area contributed by atoms with Crippen molar-refractivity contribution in [3.8, 4) is 0 Å². The molecule has 0 bridgehead atoms. The predicted molar refractivity (Wildman–Crippen MR) is 76.1 cm³/mol. The van der Waals surface area contributed by atoms with E-state index < -0.39 is 5.92 Å². The van der Waals surface area contributed by atoms with Crippen LogP contribution in [0.3, 0.4) is 0 Å². The van der Waals surface area contributed by atoms with Gasteiger partial charge in [0.15, 0.2) is 0 Å². The minimum Gasteiger partial charge on any atom is -0.207 e. The molecule has 0 aromatic rings. The maximum absolute atomic E-state index is 13.0. The Morgan fingerprint density at radius 3 is 2.06 bits per heavy atom. The van der Waals surface area contributed by atoms with Gasteiger partial charge >= 0.3 is 0 Å². The Balaban J connectivity index is 0.00000103. The summed E-state index contributed by atoms with van der Waals surface area (Å²) in [6.07, 6.45) is 6.91. The molecular weight excluding hydrogens is 230 g/mol. The van der Waals surface area contributed by atoms with E-state index in [1.54, 1.807) is 0 Å². The van der Waals surface area contributed by atoms with Gasteiger partial charge in [0.25, 0.3) is 0 Å². The fourth-order valence-electron chi connectivity index (χ4n) is 2.91. The molecule has 110 valence electrons. The van der Waals surface area contributed by atoms with E-state index in [1.165, 1.54) is 25.7 Å². The zero-order valence-corrected chi connectivity index (χ0v) is 12.6. The van der Waals surface area contributed by atoms with Crippen LogP contribution < -0.4 is 0 Å². The van der Waals surface area contributed by atoms with Crippen LogP contribution in [0.25, 0.3) is 0 Å². The number of hydrogen-bond acceptors (Lipinski definition) is 0. The highest BCUT2D eigenvalue weighted by Gasteiger charge is 2.42. The molecule has 18 heavy (non-hydrogen) atoms. The fourth-order valence-corrected chi connectivity index (χ4v) is 2.91. The van der Waals surface area contributed by atoms with Crippen LogP contribution >= 0.6 is 0 Å². The Bertz CT molecular complexity index is 239. The van der Waals surface area contributed by atoms with Crippen molar-refractivity contribution in [2.45, 2.75) is 85.0 Å². The average molecular weight is 262 g/mol. The minimum atomic E-state index is -2.36. The Kier molecular flexibility index (Phi) is 5.61. The summed E-state index contributed by atoms with van der Waals surface area (Å²) in [5.41, 5.74) is 0.596. The molecule has 2 aliphatic rings. The van der Waals surface area contributed by atoms with Crippen LogP contribution in [0.1, 0.15) is 80.5 Å². The molecule has 2 heteroatoms. The van der Waals surface area contributed by atoms with Crippen LogP contribution in [0.2, 0.25) is 0 Å². The van der Waals surface area contributed by atoms with Gasteiger partial charge in [-0.1, -0.05) is 34.1 Å². The van der Waals surface area contributed by atoms with Gasteiger partial charge in [0.05, 0.1) is 0 Å². The lowest BCUT2D eigenvalue weighted by molar-refractivity contribution is -0.0471. The Morgan fingerprint density at radius 2 is 1.61 bits per heavy atom. The molecule has 0 N–H and O–H groups in total. The zero-order valence-electron chi connectivity index (χ0n) is 12.6. The highest BCUT2D eigenvalue weighted by Crippen LogP contribution is 2.53. The molecule has 0 heterocycles. The Morgan fingerprint density at radius 1 is 1.11 bits per heavy atom. The molecule has 2 fully saturated rings. The molecule has 2 saturated carbocycles. The van der Waals surface area contributed by atoms with Crippen LogP contribution in [0.5, 0.6) is 0 Å². The summed E-state index contributed by atoms with van der Waals surface area (Å²) in [7, 11) is 0. The van der Waals surface area contributed by atoms with E-state index in [4.69, 9.17) is 0 Å². The first-order valence-corrected chi connectivity index (χ1v) is 7.79. The molecule has 0 aliphatic heterocycles. The summed E-state index contributed by atoms with van der Waals surface area (Å²) in [5.74, 6) is -0.996. The van der Waals surface area contributed by atoms with E-state index in [-0.39, 0.29) is 14.3 Å². The van der Waals surface area contributed by atoms with Crippen LogP contribution in [0, 0.1) is 17.3 Å². The maximum atomic E-state index is 13.0. The first kappa shape index (κ1) is 15.9. The van der Waals surface area contributed by atoms with Gasteiger partial charge in [-0.05, 0) is 49.4 Å². The molecule has 0 aromatic carbocycles. The van der Waals surface area contributed by atoms with E-state index in [0.717, 1.165) is 18.8 Å². The minimum absolute atomic E-state index is 0. The Labute approximate surface area is 113 Å². The van der Waals surface area contributed by atoms with Gasteiger partial charge in [0.1, 0.15) is 0 Å². The van der Waals surface area contributed by atoms with E-state index in [2.05, 4.69) is 13.8 Å². The predicted octanol–water partition coefficient (Wildman–Crippen LogP) is 6.30. The highest BCUT2D eigenvalue weighted by atomic mass is 19.3. The highest BCUT2D eigenvalue weighted by molar-refractivity contribution is 4.93. The van der Waals surface area contributed by atoms with E-state index >= 15 is 0 Å². The molecule has 2 aliphatic carbocycles. The molecule has 0 saturated heterocycles. The first-order chi connectivity index (χ1) is 8.41. The molecule has 0 amide bonds. The maximum Gasteiger partial charge on any atom is 0.248 e. The third kappa shape index (κ3) is 4.51. The normalized spacial score (nSPS) is 27.0. The number of rotatable bonds is 4. The van der Waals surface area contributed by atoms with Gasteiger partial charge in [-0.2, -0.15) is 0 Å². The number of halogens is 2. The summed E-state index contributed by atoms with van der Waals surface area (Å²) in [6.45, 7) is 8.71. The monoisotopic (exact) mass is 262 g/mol. The van der Waals surface area contributed by atoms with Crippen molar-refractivity contribution >= 4 is 0 Å². The summed E-state index contributed by atoms with van der Waals surface area (Å²) in [5, 5.41) is 0. The largest absolute Gasteiger partial charge is 0.248 e. The van der Waals surface area contributed by atoms with Gasteiger partial charge in [-0.3, -0.25) is 0 Å². The quantitative estimate of drug-likeness (QED) is 0.557. The van der Waals surface area contributed by atoms with Gasteiger partial charge < -0.3 is 0 Å². The van der Waals surface area contributed by atoms with Gasteiger partial charge in [0.2, 0.25) is 5.92 Å². The lowest BCUT2D eigenvalue weighted by atomic mass is 9.80. The topological polar surface area (TPSA) is 0 Å². The molecule has 1 atom stereocenters. The second kappa shape index (κ2) is 6.34. The summed E-state index contributed by atoms with van der Waals surface area (Å²) < 4.78 is 26.0. The molecule has 1 unspecified atom stereocenters. The van der Waals surface area contributed by atoms with Crippen molar-refractivity contribution in [3.63, 3.8) is 0 Å². The van der Waals surface area contributed by atoms with Crippen molar-refractivity contribution in [1.29, 1.82) is 0 Å². The average Bonchev–Trinajstić information content (AvgIpc) is 3.09. The van der Waals surface area contributed by atoms with Gasteiger partial charge in [-0.15, -0.1) is 0 Å². The fraction of sp³-hybridized carbons (Fsp3) is 1.00. The lowest BCUT2D eigenvalue weighted by Crippen LogP contribution is -2.25. The second-order valence-electron chi connectivity index (χ2n) is 6.43. The van der Waals surface area contributed by atoms with Crippen molar-refractivity contribution in [2.75, 3.05) is 0 Å². The molecule has 2 rings (SSSR count). The van der Waals surface area contributed by atoms with Crippen molar-refractivity contribution in [1.82, 2.24) is 0 Å². The van der Waals surface area contributed by atoms with Crippen molar-refractivity contribution in [2.24, 2.45) is 17.3 Å². The third-order valence-electron chi connectivity index (χ3n) is 5.07. The smallest absolute Gasteiger partial charge is 0.207 e. The molecule has 0 spiro atoms. The number of hydrogen-bond donors (Lipinski definition) is 0. The Hall–Kier alpha value is -0.140. The lowest BCUT2D eigenvalue weighted by Gasteiger charge is -2.29. The van der Waals surface area contributed by atoms with E-state index in [9.17, 15) is 8.78 Å². The van der Waals surface area contributed by atoms with Crippen molar-refractivity contribution < 1.29 is 10.2 Å². The summed E-state index contributed by atoms with van der Waals surface area (Å²) >= 11 is 0. The first-order valence-electron chi connectivity index (χ1n) is 7.79. The van der Waals surface area contributed by atoms with Crippen molar-refractivity contribution in [3.05, 3.63) is 0 Å². The standard InChI is InChI=1S/C14H24F2.C2H6.H2/c1-11(13(2)9-10-13)3-4-12-5-7-14(15,16)8-6-12;1-2;/h11-12H,3-10H2,1-2H3;1-2H3;1H. The van der Waals surface area contributed by atoms with Gasteiger partial charge in [-0.25, -0.2) is 8.78 Å². The number of alkyl halides is 2. The summed E-state index contributed by atoms with van der Waals surface area (Å²) in [4.78, 5) is 0. The zero-order chi connectivity index (χ0) is 13.8. The second-order valence-corrected chi connectivity index (χ2v) is 6.43. The SMILES string of the molecule is CC.CC(CCC1CCC(F)(F)CC1)C1(C)CC1.[HH].